The summed E-state index contributed by atoms with van der Waals surface area (Å²) in [4.78, 5) is 17.1. The molecule has 0 aliphatic rings. The van der Waals surface area contributed by atoms with Crippen molar-refractivity contribution in [1.82, 2.24) is 14.5 Å². The van der Waals surface area contributed by atoms with E-state index in [2.05, 4.69) is 4.98 Å². The number of aliphatic carboxylic acids is 1. The van der Waals surface area contributed by atoms with E-state index in [1.54, 1.807) is 6.20 Å². The Bertz CT molecular complexity index is 360. The van der Waals surface area contributed by atoms with E-state index in [9.17, 15) is 4.79 Å². The molecule has 0 aliphatic carbocycles. The molecule has 1 N–H and O–H groups in total. The Labute approximate surface area is 95.7 Å². The third kappa shape index (κ3) is 2.82. The number of hydrogen-bond acceptors (Lipinski definition) is 3. The van der Waals surface area contributed by atoms with Crippen LogP contribution >= 0.6 is 0 Å². The van der Waals surface area contributed by atoms with E-state index in [4.69, 9.17) is 5.11 Å². The number of aromatic nitrogens is 2. The maximum Gasteiger partial charge on any atom is 0.321 e. The first-order valence-electron chi connectivity index (χ1n) is 5.32. The summed E-state index contributed by atoms with van der Waals surface area (Å²) >= 11 is 0. The minimum atomic E-state index is -0.785. The second-order valence-corrected chi connectivity index (χ2v) is 4.40. The van der Waals surface area contributed by atoms with E-state index >= 15 is 0 Å². The molecular formula is C11H19N3O2. The minimum Gasteiger partial charge on any atom is -0.480 e. The van der Waals surface area contributed by atoms with Gasteiger partial charge in [0, 0.05) is 19.4 Å². The topological polar surface area (TPSA) is 58.4 Å². The molecular weight excluding hydrogens is 206 g/mol. The highest BCUT2D eigenvalue weighted by Gasteiger charge is 2.26. The Morgan fingerprint density at radius 3 is 2.62 bits per heavy atom. The molecule has 1 rings (SSSR count). The van der Waals surface area contributed by atoms with E-state index in [1.807, 2.05) is 43.6 Å². The standard InChI is InChI=1S/C11H19N3O2/c1-8(2)10(11(15)16)14(4)7-9-12-5-6-13(9)3/h5-6,8,10H,7H2,1-4H3,(H,15,16). The molecule has 16 heavy (non-hydrogen) atoms. The van der Waals surface area contributed by atoms with E-state index in [0.29, 0.717) is 6.54 Å². The van der Waals surface area contributed by atoms with Crippen LogP contribution in [0.5, 0.6) is 0 Å². The number of imidazole rings is 1. The van der Waals surface area contributed by atoms with Crippen LogP contribution in [0.1, 0.15) is 19.7 Å². The zero-order valence-electron chi connectivity index (χ0n) is 10.2. The lowest BCUT2D eigenvalue weighted by Crippen LogP contribution is -2.42. The fourth-order valence-electron chi connectivity index (χ4n) is 1.85. The number of carboxylic acid groups (broad SMARTS) is 1. The van der Waals surface area contributed by atoms with Crippen molar-refractivity contribution < 1.29 is 9.90 Å². The van der Waals surface area contributed by atoms with E-state index in [-0.39, 0.29) is 5.92 Å². The Morgan fingerprint density at radius 2 is 2.25 bits per heavy atom. The summed E-state index contributed by atoms with van der Waals surface area (Å²) in [5, 5.41) is 9.14. The van der Waals surface area contributed by atoms with Gasteiger partial charge in [0.2, 0.25) is 0 Å². The van der Waals surface area contributed by atoms with Crippen molar-refractivity contribution in [3.05, 3.63) is 18.2 Å². The van der Waals surface area contributed by atoms with Crippen LogP contribution in [0.15, 0.2) is 12.4 Å². The lowest BCUT2D eigenvalue weighted by Gasteiger charge is -2.27. The summed E-state index contributed by atoms with van der Waals surface area (Å²) in [6.07, 6.45) is 3.57. The number of aryl methyl sites for hydroxylation is 1. The molecule has 0 aliphatic heterocycles. The van der Waals surface area contributed by atoms with Gasteiger partial charge in [0.1, 0.15) is 11.9 Å². The molecule has 5 heteroatoms. The van der Waals surface area contributed by atoms with Crippen molar-refractivity contribution in [3.8, 4) is 0 Å². The fraction of sp³-hybridized carbons (Fsp3) is 0.636. The molecule has 0 saturated heterocycles. The fourth-order valence-corrected chi connectivity index (χ4v) is 1.85. The second kappa shape index (κ2) is 5.12. The Hall–Kier alpha value is -1.36. The van der Waals surface area contributed by atoms with E-state index in [0.717, 1.165) is 5.82 Å². The normalized spacial score (nSPS) is 13.4. The smallest absolute Gasteiger partial charge is 0.321 e. The molecule has 0 saturated carbocycles. The van der Waals surface area contributed by atoms with Gasteiger partial charge in [-0.15, -0.1) is 0 Å². The van der Waals surface area contributed by atoms with Gasteiger partial charge < -0.3 is 9.67 Å². The summed E-state index contributed by atoms with van der Waals surface area (Å²) in [6, 6.07) is -0.475. The number of rotatable bonds is 5. The van der Waals surface area contributed by atoms with Crippen LogP contribution in [-0.2, 0) is 18.4 Å². The molecule has 0 spiro atoms. The molecule has 1 aromatic heterocycles. The lowest BCUT2D eigenvalue weighted by molar-refractivity contribution is -0.144. The lowest BCUT2D eigenvalue weighted by atomic mass is 10.0. The Kier molecular flexibility index (Phi) is 4.06. The highest BCUT2D eigenvalue weighted by molar-refractivity contribution is 5.73. The van der Waals surface area contributed by atoms with Crippen molar-refractivity contribution in [2.75, 3.05) is 7.05 Å². The number of hydrogen-bond donors (Lipinski definition) is 1. The summed E-state index contributed by atoms with van der Waals surface area (Å²) in [6.45, 7) is 4.36. The maximum atomic E-state index is 11.1. The average molecular weight is 225 g/mol. The third-order valence-corrected chi connectivity index (χ3v) is 2.67. The molecule has 1 aromatic rings. The number of carbonyl (C=O) groups is 1. The Morgan fingerprint density at radius 1 is 1.62 bits per heavy atom. The summed E-state index contributed by atoms with van der Waals surface area (Å²) in [5.74, 6) is 0.156. The summed E-state index contributed by atoms with van der Waals surface area (Å²) < 4.78 is 1.90. The van der Waals surface area contributed by atoms with Crippen molar-refractivity contribution >= 4 is 5.97 Å². The molecule has 0 aromatic carbocycles. The van der Waals surface area contributed by atoms with Gasteiger partial charge in [-0.1, -0.05) is 13.8 Å². The van der Waals surface area contributed by atoms with Crippen molar-refractivity contribution in [3.63, 3.8) is 0 Å². The predicted octanol–water partition coefficient (Wildman–Crippen LogP) is 0.961. The summed E-state index contributed by atoms with van der Waals surface area (Å²) in [7, 11) is 3.72. The van der Waals surface area contributed by atoms with Gasteiger partial charge in [-0.2, -0.15) is 0 Å². The number of likely N-dealkylation sites (N-methyl/N-ethyl adjacent to an activating group) is 1. The van der Waals surface area contributed by atoms with Crippen LogP contribution in [-0.4, -0.2) is 38.6 Å². The van der Waals surface area contributed by atoms with Gasteiger partial charge in [-0.3, -0.25) is 9.69 Å². The molecule has 0 radical (unpaired) electrons. The van der Waals surface area contributed by atoms with Crippen LogP contribution in [0.25, 0.3) is 0 Å². The number of carboxylic acids is 1. The van der Waals surface area contributed by atoms with Gasteiger partial charge in [0.25, 0.3) is 0 Å². The van der Waals surface area contributed by atoms with Gasteiger partial charge in [0.05, 0.1) is 6.54 Å². The molecule has 5 nitrogen and oxygen atoms in total. The van der Waals surface area contributed by atoms with Gasteiger partial charge in [-0.05, 0) is 13.0 Å². The highest BCUT2D eigenvalue weighted by Crippen LogP contribution is 2.12. The van der Waals surface area contributed by atoms with Gasteiger partial charge in [0.15, 0.2) is 0 Å². The number of nitrogens with zero attached hydrogens (tertiary/aromatic N) is 3. The highest BCUT2D eigenvalue weighted by atomic mass is 16.4. The van der Waals surface area contributed by atoms with E-state index < -0.39 is 12.0 Å². The van der Waals surface area contributed by atoms with Crippen molar-refractivity contribution in [2.45, 2.75) is 26.4 Å². The minimum absolute atomic E-state index is 0.0720. The molecule has 90 valence electrons. The molecule has 1 heterocycles. The maximum absolute atomic E-state index is 11.1. The first-order chi connectivity index (χ1) is 7.43. The zero-order valence-corrected chi connectivity index (χ0v) is 10.2. The molecule has 0 fully saturated rings. The largest absolute Gasteiger partial charge is 0.480 e. The Balaban J connectivity index is 2.73. The molecule has 0 amide bonds. The zero-order chi connectivity index (χ0) is 12.3. The predicted molar refractivity (Wildman–Crippen MR) is 60.9 cm³/mol. The van der Waals surface area contributed by atoms with Crippen LogP contribution in [0.2, 0.25) is 0 Å². The molecule has 1 unspecified atom stereocenters. The van der Waals surface area contributed by atoms with E-state index in [1.165, 1.54) is 0 Å². The average Bonchev–Trinajstić information content (AvgIpc) is 2.50. The van der Waals surface area contributed by atoms with Crippen LogP contribution in [0.4, 0.5) is 0 Å². The molecule has 1 atom stereocenters. The van der Waals surface area contributed by atoms with Gasteiger partial charge >= 0.3 is 5.97 Å². The second-order valence-electron chi connectivity index (χ2n) is 4.40. The van der Waals surface area contributed by atoms with Crippen molar-refractivity contribution in [1.29, 1.82) is 0 Å². The van der Waals surface area contributed by atoms with Crippen LogP contribution < -0.4 is 0 Å². The quantitative estimate of drug-likeness (QED) is 0.811. The molecule has 0 bridgehead atoms. The first-order valence-corrected chi connectivity index (χ1v) is 5.32. The SMILES string of the molecule is CC(C)C(C(=O)O)N(C)Cc1nccn1C. The van der Waals surface area contributed by atoms with Crippen LogP contribution in [0, 0.1) is 5.92 Å². The summed E-state index contributed by atoms with van der Waals surface area (Å²) in [5.41, 5.74) is 0. The monoisotopic (exact) mass is 225 g/mol. The first kappa shape index (κ1) is 12.7. The van der Waals surface area contributed by atoms with Crippen LogP contribution in [0.3, 0.4) is 0 Å². The third-order valence-electron chi connectivity index (χ3n) is 2.67. The van der Waals surface area contributed by atoms with Crippen molar-refractivity contribution in [2.24, 2.45) is 13.0 Å². The van der Waals surface area contributed by atoms with Gasteiger partial charge in [-0.25, -0.2) is 4.98 Å².